The molecule has 100 valence electrons. The Balaban J connectivity index is 2.34. The molecule has 2 rings (SSSR count). The number of amides is 1. The van der Waals surface area contributed by atoms with Crippen molar-refractivity contribution in [3.8, 4) is 6.07 Å². The molecule has 0 aliphatic carbocycles. The summed E-state index contributed by atoms with van der Waals surface area (Å²) in [6.07, 6.45) is -0.116. The van der Waals surface area contributed by atoms with E-state index in [-0.39, 0.29) is 18.9 Å². The molecule has 7 heteroatoms. The van der Waals surface area contributed by atoms with Crippen LogP contribution in [0.4, 0.5) is 5.69 Å². The lowest BCUT2D eigenvalue weighted by Crippen LogP contribution is -2.32. The zero-order chi connectivity index (χ0) is 14.2. The van der Waals surface area contributed by atoms with Crippen molar-refractivity contribution in [1.29, 1.82) is 5.26 Å². The molecule has 1 aromatic rings. The van der Waals surface area contributed by atoms with Crippen LogP contribution >= 0.6 is 0 Å². The molecule has 1 aliphatic rings. The second kappa shape index (κ2) is 4.64. The lowest BCUT2D eigenvalue weighted by molar-refractivity contribution is -0.117. The minimum atomic E-state index is -3.73. The zero-order valence-corrected chi connectivity index (χ0v) is 11.1. The minimum absolute atomic E-state index is 0.0333. The van der Waals surface area contributed by atoms with Gasteiger partial charge in [0.25, 0.3) is 0 Å². The molecule has 1 atom stereocenters. The first-order valence-corrected chi connectivity index (χ1v) is 7.26. The topological polar surface area (TPSA) is 104 Å². The Labute approximate surface area is 111 Å². The summed E-state index contributed by atoms with van der Waals surface area (Å²) >= 11 is 0. The van der Waals surface area contributed by atoms with E-state index in [1.807, 2.05) is 6.07 Å². The van der Waals surface area contributed by atoms with Crippen LogP contribution in [0.25, 0.3) is 0 Å². The molecule has 1 amide bonds. The first-order valence-electron chi connectivity index (χ1n) is 5.65. The molecule has 0 bridgehead atoms. The number of rotatable bonds is 2. The normalized spacial score (nSPS) is 19.5. The molecule has 6 nitrogen and oxygen atoms in total. The van der Waals surface area contributed by atoms with Gasteiger partial charge in [0.2, 0.25) is 15.9 Å². The number of primary sulfonamides is 1. The van der Waals surface area contributed by atoms with Gasteiger partial charge >= 0.3 is 0 Å². The average molecular weight is 279 g/mol. The van der Waals surface area contributed by atoms with Crippen LogP contribution in [0.2, 0.25) is 0 Å². The monoisotopic (exact) mass is 279 g/mol. The van der Waals surface area contributed by atoms with Crippen molar-refractivity contribution in [2.75, 3.05) is 11.4 Å². The Bertz CT molecular complexity index is 676. The first-order chi connectivity index (χ1) is 8.82. The van der Waals surface area contributed by atoms with Gasteiger partial charge in [0.1, 0.15) is 5.25 Å². The number of anilines is 1. The second-order valence-corrected chi connectivity index (χ2v) is 6.38. The van der Waals surface area contributed by atoms with Crippen molar-refractivity contribution in [2.45, 2.75) is 18.6 Å². The molecule has 19 heavy (non-hydrogen) atoms. The molecule has 1 saturated heterocycles. The predicted octanol–water partition coefficient (Wildman–Crippen LogP) is 0.261. The third-order valence-corrected chi connectivity index (χ3v) is 4.45. The first kappa shape index (κ1) is 13.5. The van der Waals surface area contributed by atoms with Crippen molar-refractivity contribution in [3.05, 3.63) is 29.3 Å². The number of nitrogens with zero attached hydrogens (tertiary/aromatic N) is 2. The molecule has 0 spiro atoms. The molecule has 1 unspecified atom stereocenters. The van der Waals surface area contributed by atoms with E-state index in [1.165, 1.54) is 4.90 Å². The van der Waals surface area contributed by atoms with Crippen LogP contribution in [-0.4, -0.2) is 26.1 Å². The standard InChI is InChI=1S/C12H13N3O3S/c1-8-2-3-10(4-9(8)6-13)15-7-11(5-12(15)16)19(14,17)18/h2-4,11H,5,7H2,1H3,(H2,14,17,18). The van der Waals surface area contributed by atoms with Crippen LogP contribution in [0.5, 0.6) is 0 Å². The van der Waals surface area contributed by atoms with Gasteiger partial charge in [-0.3, -0.25) is 4.79 Å². The molecular formula is C12H13N3O3S. The van der Waals surface area contributed by atoms with Crippen molar-refractivity contribution in [2.24, 2.45) is 5.14 Å². The fraction of sp³-hybridized carbons (Fsp3) is 0.333. The summed E-state index contributed by atoms with van der Waals surface area (Å²) in [5.41, 5.74) is 1.79. The highest BCUT2D eigenvalue weighted by molar-refractivity contribution is 7.89. The quantitative estimate of drug-likeness (QED) is 0.838. The van der Waals surface area contributed by atoms with Gasteiger partial charge in [-0.15, -0.1) is 0 Å². The van der Waals surface area contributed by atoms with Crippen LogP contribution < -0.4 is 10.0 Å². The van der Waals surface area contributed by atoms with Gasteiger partial charge in [-0.05, 0) is 24.6 Å². The largest absolute Gasteiger partial charge is 0.311 e. The van der Waals surface area contributed by atoms with Gasteiger partial charge in [-0.1, -0.05) is 6.07 Å². The Morgan fingerprint density at radius 3 is 2.68 bits per heavy atom. The molecular weight excluding hydrogens is 266 g/mol. The predicted molar refractivity (Wildman–Crippen MR) is 69.8 cm³/mol. The fourth-order valence-electron chi connectivity index (χ4n) is 2.04. The summed E-state index contributed by atoms with van der Waals surface area (Å²) in [6.45, 7) is 1.83. The van der Waals surface area contributed by atoms with Gasteiger partial charge in [-0.25, -0.2) is 13.6 Å². The molecule has 0 radical (unpaired) electrons. The molecule has 1 aromatic carbocycles. The number of nitrogens with two attached hydrogens (primary N) is 1. The van der Waals surface area contributed by atoms with Gasteiger partial charge in [0.05, 0.1) is 11.6 Å². The number of aryl methyl sites for hydroxylation is 1. The van der Waals surface area contributed by atoms with E-state index in [1.54, 1.807) is 25.1 Å². The number of carbonyl (C=O) groups is 1. The third-order valence-electron chi connectivity index (χ3n) is 3.21. The maximum atomic E-state index is 11.8. The van der Waals surface area contributed by atoms with Gasteiger partial charge in [0.15, 0.2) is 0 Å². The Morgan fingerprint density at radius 2 is 2.16 bits per heavy atom. The van der Waals surface area contributed by atoms with E-state index >= 15 is 0 Å². The van der Waals surface area contributed by atoms with Crippen LogP contribution in [0.15, 0.2) is 18.2 Å². The fourth-order valence-corrected chi connectivity index (χ4v) is 2.77. The summed E-state index contributed by atoms with van der Waals surface area (Å²) in [5.74, 6) is -0.299. The van der Waals surface area contributed by atoms with Gasteiger partial charge in [0, 0.05) is 18.7 Å². The Kier molecular flexibility index (Phi) is 3.30. The summed E-state index contributed by atoms with van der Waals surface area (Å²) < 4.78 is 22.6. The number of sulfonamides is 1. The van der Waals surface area contributed by atoms with Crippen molar-refractivity contribution in [3.63, 3.8) is 0 Å². The highest BCUT2D eigenvalue weighted by atomic mass is 32.2. The Hall–Kier alpha value is -1.91. The maximum Gasteiger partial charge on any atom is 0.228 e. The summed E-state index contributed by atoms with van der Waals surface area (Å²) in [7, 11) is -3.73. The highest BCUT2D eigenvalue weighted by Gasteiger charge is 2.37. The summed E-state index contributed by atoms with van der Waals surface area (Å²) in [4.78, 5) is 13.2. The molecule has 2 N–H and O–H groups in total. The molecule has 1 heterocycles. The van der Waals surface area contributed by atoms with Gasteiger partial charge in [-0.2, -0.15) is 5.26 Å². The number of nitriles is 1. The van der Waals surface area contributed by atoms with Crippen LogP contribution in [0.3, 0.4) is 0 Å². The molecule has 1 aliphatic heterocycles. The van der Waals surface area contributed by atoms with Crippen LogP contribution in [0.1, 0.15) is 17.5 Å². The van der Waals surface area contributed by atoms with E-state index in [4.69, 9.17) is 10.4 Å². The lowest BCUT2D eigenvalue weighted by Gasteiger charge is -2.17. The van der Waals surface area contributed by atoms with E-state index in [2.05, 4.69) is 0 Å². The summed E-state index contributed by atoms with van der Waals surface area (Å²) in [6, 6.07) is 7.04. The highest BCUT2D eigenvalue weighted by Crippen LogP contribution is 2.26. The van der Waals surface area contributed by atoms with E-state index in [9.17, 15) is 13.2 Å². The van der Waals surface area contributed by atoms with Crippen LogP contribution in [-0.2, 0) is 14.8 Å². The minimum Gasteiger partial charge on any atom is -0.311 e. The van der Waals surface area contributed by atoms with Crippen LogP contribution in [0, 0.1) is 18.3 Å². The molecule has 0 saturated carbocycles. The van der Waals surface area contributed by atoms with E-state index < -0.39 is 15.3 Å². The van der Waals surface area contributed by atoms with Crippen molar-refractivity contribution >= 4 is 21.6 Å². The number of hydrogen-bond acceptors (Lipinski definition) is 4. The summed E-state index contributed by atoms with van der Waals surface area (Å²) in [5, 5.41) is 13.1. The SMILES string of the molecule is Cc1ccc(N2CC(S(N)(=O)=O)CC2=O)cc1C#N. The maximum absolute atomic E-state index is 11.8. The Morgan fingerprint density at radius 1 is 1.47 bits per heavy atom. The number of hydrogen-bond donors (Lipinski definition) is 1. The zero-order valence-electron chi connectivity index (χ0n) is 10.3. The smallest absolute Gasteiger partial charge is 0.228 e. The van der Waals surface area contributed by atoms with E-state index in [0.717, 1.165) is 5.56 Å². The average Bonchev–Trinajstić information content (AvgIpc) is 2.72. The van der Waals surface area contributed by atoms with Crippen molar-refractivity contribution in [1.82, 2.24) is 0 Å². The third kappa shape index (κ3) is 2.59. The molecule has 0 aromatic heterocycles. The second-order valence-electron chi connectivity index (χ2n) is 4.53. The van der Waals surface area contributed by atoms with Crippen molar-refractivity contribution < 1.29 is 13.2 Å². The lowest BCUT2D eigenvalue weighted by atomic mass is 10.1. The molecule has 1 fully saturated rings. The van der Waals surface area contributed by atoms with Gasteiger partial charge < -0.3 is 4.90 Å². The van der Waals surface area contributed by atoms with E-state index in [0.29, 0.717) is 11.3 Å². The number of benzene rings is 1. The number of carbonyl (C=O) groups excluding carboxylic acids is 1.